The van der Waals surface area contributed by atoms with Crippen molar-refractivity contribution in [2.75, 3.05) is 4.90 Å². The molecule has 0 fully saturated rings. The van der Waals surface area contributed by atoms with E-state index in [4.69, 9.17) is 4.98 Å². The van der Waals surface area contributed by atoms with Gasteiger partial charge in [0.1, 0.15) is 5.82 Å². The number of aromatic nitrogens is 2. The zero-order valence-corrected chi connectivity index (χ0v) is 28.6. The predicted molar refractivity (Wildman–Crippen MR) is 214 cm³/mol. The SMILES string of the molecule is CC1(C)c2ccc(N(c3ccccc3)c3ccccc3)cc2-c2ccc3c(ccc4nc(-c5ccc6ccccc6c5)n(-c5ccccc5)c43)c21. The third-order valence-electron chi connectivity index (χ3n) is 10.7. The summed E-state index contributed by atoms with van der Waals surface area (Å²) < 4.78 is 2.36. The molecule has 0 aliphatic heterocycles. The fraction of sp³-hybridized carbons (Fsp3) is 0.0625. The highest BCUT2D eigenvalue weighted by molar-refractivity contribution is 6.11. The lowest BCUT2D eigenvalue weighted by Crippen LogP contribution is -2.16. The molecule has 0 amide bonds. The molecule has 1 aromatic heterocycles. The molecule has 0 spiro atoms. The molecule has 10 rings (SSSR count). The van der Waals surface area contributed by atoms with Crippen molar-refractivity contribution in [1.82, 2.24) is 9.55 Å². The highest BCUT2D eigenvalue weighted by Crippen LogP contribution is 2.53. The van der Waals surface area contributed by atoms with Crippen LogP contribution in [0.1, 0.15) is 25.0 Å². The van der Waals surface area contributed by atoms with Crippen molar-refractivity contribution in [2.45, 2.75) is 19.3 Å². The van der Waals surface area contributed by atoms with Crippen molar-refractivity contribution < 1.29 is 0 Å². The molecule has 0 bridgehead atoms. The van der Waals surface area contributed by atoms with Crippen LogP contribution < -0.4 is 4.90 Å². The number of fused-ring (bicyclic) bond motifs is 8. The molecule has 3 heteroatoms. The maximum Gasteiger partial charge on any atom is 0.145 e. The molecule has 0 saturated carbocycles. The maximum absolute atomic E-state index is 5.33. The average molecular weight is 654 g/mol. The van der Waals surface area contributed by atoms with Gasteiger partial charge >= 0.3 is 0 Å². The van der Waals surface area contributed by atoms with Crippen molar-refractivity contribution in [2.24, 2.45) is 0 Å². The van der Waals surface area contributed by atoms with Crippen LogP contribution in [0.5, 0.6) is 0 Å². The average Bonchev–Trinajstić information content (AvgIpc) is 3.69. The van der Waals surface area contributed by atoms with Gasteiger partial charge in [-0.3, -0.25) is 4.57 Å². The summed E-state index contributed by atoms with van der Waals surface area (Å²) in [6, 6.07) is 63.4. The minimum Gasteiger partial charge on any atom is -0.310 e. The van der Waals surface area contributed by atoms with Gasteiger partial charge in [0.2, 0.25) is 0 Å². The Bertz CT molecular complexity index is 2720. The van der Waals surface area contributed by atoms with Gasteiger partial charge < -0.3 is 4.90 Å². The van der Waals surface area contributed by atoms with Gasteiger partial charge in [0, 0.05) is 39.1 Å². The van der Waals surface area contributed by atoms with E-state index in [1.54, 1.807) is 0 Å². The Morgan fingerprint density at radius 1 is 0.510 bits per heavy atom. The van der Waals surface area contributed by atoms with Gasteiger partial charge in [0.05, 0.1) is 11.0 Å². The van der Waals surface area contributed by atoms with E-state index < -0.39 is 0 Å². The van der Waals surface area contributed by atoms with Crippen LogP contribution in [0.2, 0.25) is 0 Å². The number of hydrogen-bond donors (Lipinski definition) is 0. The zero-order chi connectivity index (χ0) is 34.1. The summed E-state index contributed by atoms with van der Waals surface area (Å²) >= 11 is 0. The van der Waals surface area contributed by atoms with Crippen LogP contribution in [0, 0.1) is 0 Å². The minimum absolute atomic E-state index is 0.195. The van der Waals surface area contributed by atoms with Gasteiger partial charge in [-0.15, -0.1) is 0 Å². The van der Waals surface area contributed by atoms with E-state index in [2.05, 4.69) is 199 Å². The summed E-state index contributed by atoms with van der Waals surface area (Å²) in [4.78, 5) is 7.68. The smallest absolute Gasteiger partial charge is 0.145 e. The van der Waals surface area contributed by atoms with Crippen molar-refractivity contribution in [1.29, 1.82) is 0 Å². The summed E-state index contributed by atoms with van der Waals surface area (Å²) in [6.07, 6.45) is 0. The van der Waals surface area contributed by atoms with Crippen molar-refractivity contribution in [3.8, 4) is 28.2 Å². The molecule has 51 heavy (non-hydrogen) atoms. The van der Waals surface area contributed by atoms with E-state index in [1.165, 1.54) is 43.8 Å². The highest BCUT2D eigenvalue weighted by Gasteiger charge is 2.38. The normalized spacial score (nSPS) is 13.1. The van der Waals surface area contributed by atoms with Crippen LogP contribution in [-0.4, -0.2) is 9.55 Å². The molecule has 0 saturated heterocycles. The molecule has 0 N–H and O–H groups in total. The second-order valence-corrected chi connectivity index (χ2v) is 14.0. The Hall–Kier alpha value is -6.45. The van der Waals surface area contributed by atoms with Gasteiger partial charge in [0.15, 0.2) is 0 Å². The molecule has 0 unspecified atom stereocenters. The Labute approximate surface area is 297 Å². The molecular weight excluding hydrogens is 619 g/mol. The molecule has 8 aromatic carbocycles. The van der Waals surface area contributed by atoms with E-state index in [0.29, 0.717) is 0 Å². The van der Waals surface area contributed by atoms with Crippen LogP contribution in [-0.2, 0) is 5.41 Å². The molecule has 0 atom stereocenters. The summed E-state index contributed by atoms with van der Waals surface area (Å²) in [5.41, 5.74) is 12.9. The molecule has 1 heterocycles. The summed E-state index contributed by atoms with van der Waals surface area (Å²) in [5.74, 6) is 0.948. The summed E-state index contributed by atoms with van der Waals surface area (Å²) in [5, 5.41) is 4.92. The third kappa shape index (κ3) is 4.55. The van der Waals surface area contributed by atoms with Crippen molar-refractivity contribution in [3.05, 3.63) is 187 Å². The standard InChI is InChI=1S/C48H35N3/c1-48(2)43-28-24-38(50(35-16-6-3-7-17-35)36-18-8-4-9-19-36)31-42(43)40-25-26-41-39(45(40)48)27-29-44-46(41)51(37-20-10-5-11-21-37)47(49-44)34-23-22-32-14-12-13-15-33(32)30-34/h3-31H,1-2H3. The van der Waals surface area contributed by atoms with Crippen LogP contribution >= 0.6 is 0 Å². The quantitative estimate of drug-likeness (QED) is 0.184. The third-order valence-corrected chi connectivity index (χ3v) is 10.7. The first-order chi connectivity index (χ1) is 25.1. The lowest BCUT2D eigenvalue weighted by atomic mass is 9.80. The largest absolute Gasteiger partial charge is 0.310 e. The van der Waals surface area contributed by atoms with Crippen molar-refractivity contribution in [3.63, 3.8) is 0 Å². The number of hydrogen-bond acceptors (Lipinski definition) is 2. The van der Waals surface area contributed by atoms with Gasteiger partial charge in [-0.1, -0.05) is 129 Å². The van der Waals surface area contributed by atoms with E-state index in [-0.39, 0.29) is 5.41 Å². The second-order valence-electron chi connectivity index (χ2n) is 14.0. The van der Waals surface area contributed by atoms with Gasteiger partial charge in [-0.25, -0.2) is 4.98 Å². The first-order valence-electron chi connectivity index (χ1n) is 17.6. The number of anilines is 3. The molecule has 0 radical (unpaired) electrons. The Morgan fingerprint density at radius 2 is 1.16 bits per heavy atom. The zero-order valence-electron chi connectivity index (χ0n) is 28.6. The van der Waals surface area contributed by atoms with Gasteiger partial charge in [-0.05, 0) is 99.1 Å². The highest BCUT2D eigenvalue weighted by atomic mass is 15.1. The second kappa shape index (κ2) is 11.3. The predicted octanol–water partition coefficient (Wildman–Crippen LogP) is 12.8. The number of benzene rings is 8. The number of para-hydroxylation sites is 3. The van der Waals surface area contributed by atoms with Crippen LogP contribution in [0.4, 0.5) is 17.1 Å². The van der Waals surface area contributed by atoms with Crippen LogP contribution in [0.3, 0.4) is 0 Å². The number of nitrogens with zero attached hydrogens (tertiary/aromatic N) is 3. The van der Waals surface area contributed by atoms with Crippen LogP contribution in [0.25, 0.3) is 60.8 Å². The fourth-order valence-corrected chi connectivity index (χ4v) is 8.40. The fourth-order valence-electron chi connectivity index (χ4n) is 8.40. The van der Waals surface area contributed by atoms with E-state index in [0.717, 1.165) is 45.2 Å². The van der Waals surface area contributed by atoms with Crippen LogP contribution in [0.15, 0.2) is 176 Å². The van der Waals surface area contributed by atoms with Crippen molar-refractivity contribution >= 4 is 49.6 Å². The molecule has 242 valence electrons. The monoisotopic (exact) mass is 653 g/mol. The lowest BCUT2D eigenvalue weighted by Gasteiger charge is -2.27. The van der Waals surface area contributed by atoms with Gasteiger partial charge in [-0.2, -0.15) is 0 Å². The lowest BCUT2D eigenvalue weighted by molar-refractivity contribution is 0.666. The van der Waals surface area contributed by atoms with E-state index in [9.17, 15) is 0 Å². The topological polar surface area (TPSA) is 21.1 Å². The first-order valence-corrected chi connectivity index (χ1v) is 17.6. The molecule has 1 aliphatic carbocycles. The summed E-state index contributed by atoms with van der Waals surface area (Å²) in [6.45, 7) is 4.75. The first kappa shape index (κ1) is 29.5. The number of rotatable bonds is 5. The van der Waals surface area contributed by atoms with Gasteiger partial charge in [0.25, 0.3) is 0 Å². The van der Waals surface area contributed by atoms with E-state index in [1.807, 2.05) is 0 Å². The number of imidazole rings is 1. The maximum atomic E-state index is 5.33. The van der Waals surface area contributed by atoms with E-state index >= 15 is 0 Å². The molecular formula is C48H35N3. The Morgan fingerprint density at radius 3 is 1.88 bits per heavy atom. The molecule has 1 aliphatic rings. The molecule has 3 nitrogen and oxygen atoms in total. The Balaban J connectivity index is 1.20. The Kier molecular flexibility index (Phi) is 6.53. The molecule has 9 aromatic rings. The summed E-state index contributed by atoms with van der Waals surface area (Å²) in [7, 11) is 0. The minimum atomic E-state index is -0.195.